The zero-order valence-corrected chi connectivity index (χ0v) is 18.5. The fraction of sp³-hybridized carbons (Fsp3) is 0.320. The van der Waals surface area contributed by atoms with Gasteiger partial charge in [-0.15, -0.1) is 0 Å². The van der Waals surface area contributed by atoms with Crippen LogP contribution in [0.25, 0.3) is 16.7 Å². The molecule has 1 fully saturated rings. The van der Waals surface area contributed by atoms with Crippen molar-refractivity contribution in [1.29, 1.82) is 5.26 Å². The number of piperidine rings is 1. The van der Waals surface area contributed by atoms with E-state index in [-0.39, 0.29) is 18.9 Å². The molecule has 33 heavy (non-hydrogen) atoms. The molecular weight excluding hydrogens is 422 g/mol. The van der Waals surface area contributed by atoms with Gasteiger partial charge >= 0.3 is 0 Å². The van der Waals surface area contributed by atoms with E-state index in [0.29, 0.717) is 30.2 Å². The average Bonchev–Trinajstić information content (AvgIpc) is 3.27. The minimum Gasteiger partial charge on any atom is -0.371 e. The number of hydrogen-bond acceptors (Lipinski definition) is 5. The van der Waals surface area contributed by atoms with E-state index in [1.165, 1.54) is 0 Å². The van der Waals surface area contributed by atoms with Gasteiger partial charge in [-0.2, -0.15) is 10.2 Å². The normalized spacial score (nSPS) is 16.6. The number of rotatable bonds is 4. The highest BCUT2D eigenvalue weighted by atomic mass is 19.3. The molecule has 0 spiro atoms. The van der Waals surface area contributed by atoms with E-state index >= 15 is 0 Å². The molecule has 1 aliphatic heterocycles. The first kappa shape index (κ1) is 21.1. The lowest BCUT2D eigenvalue weighted by Crippen LogP contribution is -2.39. The summed E-state index contributed by atoms with van der Waals surface area (Å²) >= 11 is 0. The van der Waals surface area contributed by atoms with Crippen LogP contribution >= 0.6 is 0 Å². The van der Waals surface area contributed by atoms with Crippen molar-refractivity contribution in [2.75, 3.05) is 23.3 Å². The summed E-state index contributed by atoms with van der Waals surface area (Å²) in [6.07, 6.45) is 3.29. The van der Waals surface area contributed by atoms with Gasteiger partial charge < -0.3 is 10.2 Å². The summed E-state index contributed by atoms with van der Waals surface area (Å²) in [5.74, 6) is -1.34. The first-order valence-corrected chi connectivity index (χ1v) is 11.0. The molecule has 6 nitrogen and oxygen atoms in total. The molecule has 0 unspecified atom stereocenters. The number of anilines is 2. The molecule has 4 aromatic rings. The Bertz CT molecular complexity index is 1380. The molecule has 1 N–H and O–H groups in total. The summed E-state index contributed by atoms with van der Waals surface area (Å²) in [7, 11) is 0. The van der Waals surface area contributed by atoms with E-state index in [4.69, 9.17) is 4.98 Å². The van der Waals surface area contributed by atoms with E-state index in [0.717, 1.165) is 27.7 Å². The van der Waals surface area contributed by atoms with Crippen LogP contribution in [0.2, 0.25) is 0 Å². The van der Waals surface area contributed by atoms with Crippen LogP contribution < -0.4 is 10.2 Å². The zero-order valence-electron chi connectivity index (χ0n) is 18.5. The Morgan fingerprint density at radius 1 is 1.18 bits per heavy atom. The van der Waals surface area contributed by atoms with E-state index in [1.54, 1.807) is 6.20 Å². The summed E-state index contributed by atoms with van der Waals surface area (Å²) in [5, 5.41) is 13.8. The zero-order chi connectivity index (χ0) is 23.2. The SMILES string of the molecule is Cc1c(C#N)cccc1[C@@H](C)Nc1nc2nccn2c2ccc(N3CCC(F)(F)CC3)cc12. The standard InChI is InChI=1S/C25H24F2N6/c1-16-18(15-28)4-3-5-20(16)17(2)30-23-21-14-19(32-11-8-25(26,27)9-12-32)6-7-22(21)33-13-10-29-24(33)31-23/h3-7,10,13-14,17H,8-9,11-12H2,1-2H3,(H,29,30,31)/t17-/m1/s1. The van der Waals surface area contributed by atoms with E-state index < -0.39 is 5.92 Å². The molecule has 5 rings (SSSR count). The highest BCUT2D eigenvalue weighted by Gasteiger charge is 2.34. The molecule has 1 atom stereocenters. The van der Waals surface area contributed by atoms with Crippen LogP contribution in [-0.4, -0.2) is 33.4 Å². The number of nitrogens with one attached hydrogen (secondary N) is 1. The Kier molecular flexibility index (Phi) is 5.12. The van der Waals surface area contributed by atoms with Gasteiger partial charge in [-0.1, -0.05) is 12.1 Å². The van der Waals surface area contributed by atoms with Gasteiger partial charge in [0.1, 0.15) is 5.82 Å². The maximum absolute atomic E-state index is 13.7. The van der Waals surface area contributed by atoms with Gasteiger partial charge in [0.05, 0.1) is 23.2 Å². The molecule has 3 heterocycles. The molecule has 8 heteroatoms. The molecule has 0 bridgehead atoms. The first-order valence-electron chi connectivity index (χ1n) is 11.0. The molecule has 0 saturated carbocycles. The Balaban J connectivity index is 1.56. The lowest BCUT2D eigenvalue weighted by molar-refractivity contribution is -0.0220. The lowest BCUT2D eigenvalue weighted by atomic mass is 9.98. The first-order chi connectivity index (χ1) is 15.9. The second-order valence-electron chi connectivity index (χ2n) is 8.60. The monoisotopic (exact) mass is 446 g/mol. The molecule has 168 valence electrons. The van der Waals surface area contributed by atoms with E-state index in [1.807, 2.05) is 65.7 Å². The summed E-state index contributed by atoms with van der Waals surface area (Å²) in [6, 6.07) is 13.8. The van der Waals surface area contributed by atoms with Gasteiger partial charge in [-0.3, -0.25) is 4.40 Å². The maximum Gasteiger partial charge on any atom is 0.251 e. The number of halogens is 2. The van der Waals surface area contributed by atoms with Gasteiger partial charge in [-0.05, 0) is 49.2 Å². The maximum atomic E-state index is 13.7. The highest BCUT2D eigenvalue weighted by molar-refractivity contribution is 5.93. The smallest absolute Gasteiger partial charge is 0.251 e. The minimum absolute atomic E-state index is 0.108. The van der Waals surface area contributed by atoms with Crippen molar-refractivity contribution in [2.24, 2.45) is 0 Å². The predicted octanol–water partition coefficient (Wildman–Crippen LogP) is 5.47. The average molecular weight is 447 g/mol. The lowest BCUT2D eigenvalue weighted by Gasteiger charge is -2.33. The summed E-state index contributed by atoms with van der Waals surface area (Å²) in [6.45, 7) is 4.61. The Labute approximate surface area is 190 Å². The van der Waals surface area contributed by atoms with Crippen LogP contribution in [0.3, 0.4) is 0 Å². The number of fused-ring (bicyclic) bond motifs is 3. The van der Waals surface area contributed by atoms with Crippen LogP contribution in [-0.2, 0) is 0 Å². The third-order valence-electron chi connectivity index (χ3n) is 6.50. The van der Waals surface area contributed by atoms with E-state index in [9.17, 15) is 14.0 Å². The van der Waals surface area contributed by atoms with Crippen molar-refractivity contribution < 1.29 is 8.78 Å². The van der Waals surface area contributed by atoms with Crippen LogP contribution in [0.5, 0.6) is 0 Å². The highest BCUT2D eigenvalue weighted by Crippen LogP contribution is 2.34. The number of benzene rings is 2. The van der Waals surface area contributed by atoms with Gasteiger partial charge in [0.2, 0.25) is 5.78 Å². The number of alkyl halides is 2. The second-order valence-corrected chi connectivity index (χ2v) is 8.60. The molecule has 0 amide bonds. The fourth-order valence-electron chi connectivity index (χ4n) is 4.58. The fourth-order valence-corrected chi connectivity index (χ4v) is 4.58. The van der Waals surface area contributed by atoms with Crippen LogP contribution in [0.1, 0.15) is 42.5 Å². The molecule has 0 aliphatic carbocycles. The van der Waals surface area contributed by atoms with Crippen LogP contribution in [0.4, 0.5) is 20.3 Å². The number of imidazole rings is 1. The van der Waals surface area contributed by atoms with Gasteiger partial charge in [-0.25, -0.2) is 13.8 Å². The number of nitriles is 1. The van der Waals surface area contributed by atoms with Gasteiger partial charge in [0, 0.05) is 49.4 Å². The topological polar surface area (TPSA) is 69.2 Å². The summed E-state index contributed by atoms with van der Waals surface area (Å²) in [4.78, 5) is 11.1. The van der Waals surface area contributed by atoms with Crippen molar-refractivity contribution in [3.05, 3.63) is 65.5 Å². The van der Waals surface area contributed by atoms with Crippen molar-refractivity contribution in [1.82, 2.24) is 14.4 Å². The Morgan fingerprint density at radius 3 is 2.73 bits per heavy atom. The summed E-state index contributed by atoms with van der Waals surface area (Å²) in [5.41, 5.74) is 4.42. The molecule has 1 aliphatic rings. The minimum atomic E-state index is -2.59. The van der Waals surface area contributed by atoms with Crippen LogP contribution in [0, 0.1) is 18.3 Å². The number of aromatic nitrogens is 3. The van der Waals surface area contributed by atoms with Crippen molar-refractivity contribution >= 4 is 28.2 Å². The second kappa shape index (κ2) is 8.00. The number of hydrogen-bond donors (Lipinski definition) is 1. The summed E-state index contributed by atoms with van der Waals surface area (Å²) < 4.78 is 29.2. The number of nitrogens with zero attached hydrogens (tertiary/aromatic N) is 5. The van der Waals surface area contributed by atoms with Gasteiger partial charge in [0.15, 0.2) is 0 Å². The molecule has 0 radical (unpaired) electrons. The van der Waals surface area contributed by atoms with Crippen molar-refractivity contribution in [2.45, 2.75) is 38.7 Å². The van der Waals surface area contributed by atoms with Crippen LogP contribution in [0.15, 0.2) is 48.8 Å². The van der Waals surface area contributed by atoms with E-state index in [2.05, 4.69) is 16.4 Å². The Morgan fingerprint density at radius 2 is 1.97 bits per heavy atom. The predicted molar refractivity (Wildman–Crippen MR) is 125 cm³/mol. The molecular formula is C25H24F2N6. The quantitative estimate of drug-likeness (QED) is 0.450. The third-order valence-corrected chi connectivity index (χ3v) is 6.50. The third kappa shape index (κ3) is 3.84. The van der Waals surface area contributed by atoms with Crippen molar-refractivity contribution in [3.63, 3.8) is 0 Å². The molecule has 1 saturated heterocycles. The molecule has 2 aromatic heterocycles. The van der Waals surface area contributed by atoms with Crippen molar-refractivity contribution in [3.8, 4) is 6.07 Å². The van der Waals surface area contributed by atoms with Gasteiger partial charge in [0.25, 0.3) is 5.92 Å². The Hall–Kier alpha value is -3.73. The molecule has 2 aromatic carbocycles. The largest absolute Gasteiger partial charge is 0.371 e.